The van der Waals surface area contributed by atoms with Crippen LogP contribution in [0, 0.1) is 10.1 Å². The molecule has 1 aliphatic rings. The molecule has 1 aliphatic carbocycles. The molecule has 3 rings (SSSR count). The Morgan fingerprint density at radius 2 is 2.17 bits per heavy atom. The summed E-state index contributed by atoms with van der Waals surface area (Å²) in [4.78, 5) is 24.5. The highest BCUT2D eigenvalue weighted by Gasteiger charge is 2.32. The Kier molecular flexibility index (Phi) is 4.23. The fraction of sp³-hybridized carbons (Fsp3) is 0.235. The molecule has 0 bridgehead atoms. The van der Waals surface area contributed by atoms with Crippen LogP contribution >= 0.6 is 0 Å². The van der Waals surface area contributed by atoms with Gasteiger partial charge in [0.05, 0.1) is 17.7 Å². The molecule has 1 heterocycles. The van der Waals surface area contributed by atoms with E-state index in [2.05, 4.69) is 0 Å². The van der Waals surface area contributed by atoms with Gasteiger partial charge < -0.3 is 9.32 Å². The molecule has 1 aromatic carbocycles. The van der Waals surface area contributed by atoms with Gasteiger partial charge in [-0.2, -0.15) is 0 Å². The van der Waals surface area contributed by atoms with Gasteiger partial charge in [0.2, 0.25) is 5.91 Å². The van der Waals surface area contributed by atoms with Crippen LogP contribution in [0.15, 0.2) is 53.2 Å². The predicted molar refractivity (Wildman–Crippen MR) is 84.4 cm³/mol. The van der Waals surface area contributed by atoms with Gasteiger partial charge in [0.15, 0.2) is 0 Å². The first-order valence-corrected chi connectivity index (χ1v) is 7.39. The van der Waals surface area contributed by atoms with E-state index < -0.39 is 4.92 Å². The Morgan fingerprint density at radius 3 is 2.83 bits per heavy atom. The summed E-state index contributed by atoms with van der Waals surface area (Å²) in [5.74, 6) is 0.629. The Balaban J connectivity index is 1.71. The average Bonchev–Trinajstić information content (AvgIpc) is 3.26. The summed E-state index contributed by atoms with van der Waals surface area (Å²) in [5, 5.41) is 10.8. The maximum Gasteiger partial charge on any atom is 0.270 e. The van der Waals surface area contributed by atoms with Gasteiger partial charge in [0.25, 0.3) is 5.69 Å². The van der Waals surface area contributed by atoms with Crippen molar-refractivity contribution >= 4 is 17.7 Å². The third-order valence-electron chi connectivity index (χ3n) is 3.68. The lowest BCUT2D eigenvalue weighted by molar-refractivity contribution is -0.384. The fourth-order valence-corrected chi connectivity index (χ4v) is 2.35. The number of amides is 1. The number of furan rings is 1. The molecule has 23 heavy (non-hydrogen) atoms. The number of non-ortho nitro benzene ring substituents is 1. The second-order valence-electron chi connectivity index (χ2n) is 5.46. The maximum atomic E-state index is 12.4. The number of benzene rings is 1. The zero-order valence-electron chi connectivity index (χ0n) is 12.4. The van der Waals surface area contributed by atoms with Crippen LogP contribution in [0.4, 0.5) is 5.69 Å². The van der Waals surface area contributed by atoms with Crippen molar-refractivity contribution in [2.45, 2.75) is 25.4 Å². The number of nitro benzene ring substituents is 1. The highest BCUT2D eigenvalue weighted by atomic mass is 16.6. The summed E-state index contributed by atoms with van der Waals surface area (Å²) in [5.41, 5.74) is 0.635. The molecule has 1 saturated carbocycles. The molecule has 0 atom stereocenters. The smallest absolute Gasteiger partial charge is 0.270 e. The maximum absolute atomic E-state index is 12.4. The largest absolute Gasteiger partial charge is 0.467 e. The van der Waals surface area contributed by atoms with E-state index in [-0.39, 0.29) is 17.6 Å². The van der Waals surface area contributed by atoms with Gasteiger partial charge in [0.1, 0.15) is 5.76 Å². The van der Waals surface area contributed by atoms with Gasteiger partial charge in [-0.25, -0.2) is 0 Å². The van der Waals surface area contributed by atoms with Crippen LogP contribution in [-0.2, 0) is 11.3 Å². The quantitative estimate of drug-likeness (QED) is 0.465. The van der Waals surface area contributed by atoms with Crippen LogP contribution in [0.25, 0.3) is 6.08 Å². The van der Waals surface area contributed by atoms with E-state index in [1.54, 1.807) is 35.4 Å². The van der Waals surface area contributed by atoms with Crippen molar-refractivity contribution in [3.63, 3.8) is 0 Å². The van der Waals surface area contributed by atoms with Crippen LogP contribution in [-0.4, -0.2) is 21.8 Å². The number of nitrogens with zero attached hydrogens (tertiary/aromatic N) is 2. The highest BCUT2D eigenvalue weighted by Crippen LogP contribution is 2.29. The minimum absolute atomic E-state index is 0.00855. The first-order chi connectivity index (χ1) is 11.1. The monoisotopic (exact) mass is 312 g/mol. The van der Waals surface area contributed by atoms with Crippen molar-refractivity contribution in [3.8, 4) is 0 Å². The van der Waals surface area contributed by atoms with E-state index in [9.17, 15) is 14.9 Å². The molecule has 1 fully saturated rings. The zero-order valence-corrected chi connectivity index (χ0v) is 12.4. The Morgan fingerprint density at radius 1 is 1.35 bits per heavy atom. The lowest BCUT2D eigenvalue weighted by atomic mass is 10.2. The third kappa shape index (κ3) is 3.85. The SMILES string of the molecule is O=C(/C=C/c1cccc([N+](=O)[O-])c1)N(Cc1ccco1)C1CC1. The van der Waals surface area contributed by atoms with Crippen molar-refractivity contribution in [2.75, 3.05) is 0 Å². The standard InChI is InChI=1S/C17H16N2O4/c20-17(9-6-13-3-1-4-15(11-13)19(21)22)18(14-7-8-14)12-16-5-2-10-23-16/h1-6,9-11,14H,7-8,12H2/b9-6+. The van der Waals surface area contributed by atoms with Gasteiger partial charge in [-0.15, -0.1) is 0 Å². The summed E-state index contributed by atoms with van der Waals surface area (Å²) in [6.07, 6.45) is 6.64. The lowest BCUT2D eigenvalue weighted by Crippen LogP contribution is -2.30. The zero-order chi connectivity index (χ0) is 16.2. The average molecular weight is 312 g/mol. The van der Waals surface area contributed by atoms with Gasteiger partial charge >= 0.3 is 0 Å². The van der Waals surface area contributed by atoms with Crippen molar-refractivity contribution in [3.05, 3.63) is 70.2 Å². The van der Waals surface area contributed by atoms with E-state index in [0.29, 0.717) is 12.1 Å². The molecule has 6 heteroatoms. The summed E-state index contributed by atoms with van der Waals surface area (Å²) in [6.45, 7) is 0.440. The number of rotatable bonds is 6. The van der Waals surface area contributed by atoms with Gasteiger partial charge in [-0.05, 0) is 36.6 Å². The van der Waals surface area contributed by atoms with E-state index in [1.807, 2.05) is 6.07 Å². The first-order valence-electron chi connectivity index (χ1n) is 7.39. The Hall–Kier alpha value is -2.89. The highest BCUT2D eigenvalue weighted by molar-refractivity contribution is 5.92. The van der Waals surface area contributed by atoms with Crippen molar-refractivity contribution < 1.29 is 14.1 Å². The normalized spacial score (nSPS) is 14.1. The molecule has 0 N–H and O–H groups in total. The summed E-state index contributed by atoms with van der Waals surface area (Å²) in [7, 11) is 0. The minimum Gasteiger partial charge on any atom is -0.467 e. The molecule has 0 saturated heterocycles. The Labute approximate surface area is 133 Å². The molecular weight excluding hydrogens is 296 g/mol. The predicted octanol–water partition coefficient (Wildman–Crippen LogP) is 3.39. The number of hydrogen-bond donors (Lipinski definition) is 0. The van der Waals surface area contributed by atoms with E-state index >= 15 is 0 Å². The molecule has 118 valence electrons. The summed E-state index contributed by atoms with van der Waals surface area (Å²) in [6, 6.07) is 10.1. The van der Waals surface area contributed by atoms with Crippen LogP contribution in [0.3, 0.4) is 0 Å². The van der Waals surface area contributed by atoms with Crippen molar-refractivity contribution in [2.24, 2.45) is 0 Å². The van der Waals surface area contributed by atoms with Crippen LogP contribution in [0.1, 0.15) is 24.2 Å². The third-order valence-corrected chi connectivity index (χ3v) is 3.68. The van der Waals surface area contributed by atoms with Crippen molar-refractivity contribution in [1.29, 1.82) is 0 Å². The molecule has 2 aromatic rings. The number of nitro groups is 1. The molecule has 1 amide bonds. The Bertz CT molecular complexity index is 733. The lowest BCUT2D eigenvalue weighted by Gasteiger charge is -2.19. The first kappa shape index (κ1) is 15.0. The summed E-state index contributed by atoms with van der Waals surface area (Å²) < 4.78 is 5.30. The topological polar surface area (TPSA) is 76.6 Å². The van der Waals surface area contributed by atoms with Crippen LogP contribution in [0.5, 0.6) is 0 Å². The van der Waals surface area contributed by atoms with E-state index in [0.717, 1.165) is 18.6 Å². The molecule has 0 unspecified atom stereocenters. The van der Waals surface area contributed by atoms with E-state index in [1.165, 1.54) is 18.2 Å². The molecule has 0 aliphatic heterocycles. The molecular formula is C17H16N2O4. The van der Waals surface area contributed by atoms with E-state index in [4.69, 9.17) is 4.42 Å². The summed E-state index contributed by atoms with van der Waals surface area (Å²) >= 11 is 0. The molecule has 0 spiro atoms. The molecule has 1 aromatic heterocycles. The van der Waals surface area contributed by atoms with Gasteiger partial charge in [-0.1, -0.05) is 12.1 Å². The second-order valence-corrected chi connectivity index (χ2v) is 5.46. The van der Waals surface area contributed by atoms with Crippen molar-refractivity contribution in [1.82, 2.24) is 4.90 Å². The fourth-order valence-electron chi connectivity index (χ4n) is 2.35. The molecule has 0 radical (unpaired) electrons. The number of carbonyl (C=O) groups excluding carboxylic acids is 1. The number of hydrogen-bond acceptors (Lipinski definition) is 4. The second kappa shape index (κ2) is 6.48. The van der Waals surface area contributed by atoms with Gasteiger partial charge in [0, 0.05) is 24.3 Å². The van der Waals surface area contributed by atoms with Gasteiger partial charge in [-0.3, -0.25) is 14.9 Å². The number of carbonyl (C=O) groups is 1. The minimum atomic E-state index is -0.452. The molecule has 6 nitrogen and oxygen atoms in total. The van der Waals surface area contributed by atoms with Crippen LogP contribution < -0.4 is 0 Å². The van der Waals surface area contributed by atoms with Crippen LogP contribution in [0.2, 0.25) is 0 Å².